The number of carbonyl (C=O) groups is 1. The quantitative estimate of drug-likeness (QED) is 0.477. The van der Waals surface area contributed by atoms with E-state index < -0.39 is 9.84 Å². The van der Waals surface area contributed by atoms with Crippen LogP contribution in [0.3, 0.4) is 0 Å². The van der Waals surface area contributed by atoms with Crippen LogP contribution in [-0.4, -0.2) is 21.0 Å². The van der Waals surface area contributed by atoms with E-state index in [4.69, 9.17) is 0 Å². The molecule has 96 valence electrons. The summed E-state index contributed by atoms with van der Waals surface area (Å²) in [5, 5.41) is 0. The van der Waals surface area contributed by atoms with Crippen LogP contribution < -0.4 is 0 Å². The predicted octanol–water partition coefficient (Wildman–Crippen LogP) is 2.61. The lowest BCUT2D eigenvalue weighted by molar-refractivity contribution is -0.104. The van der Waals surface area contributed by atoms with Crippen LogP contribution in [0.25, 0.3) is 5.57 Å². The molecule has 0 saturated heterocycles. The Balaban J connectivity index is 3.54. The molecule has 3 nitrogen and oxygen atoms in total. The zero-order valence-electron chi connectivity index (χ0n) is 10.7. The number of hydrogen-bond acceptors (Lipinski definition) is 3. The molecule has 0 aliphatic rings. The molecule has 1 aromatic rings. The van der Waals surface area contributed by atoms with E-state index in [-0.39, 0.29) is 4.91 Å². The minimum Gasteiger partial charge on any atom is -0.299 e. The van der Waals surface area contributed by atoms with E-state index in [1.165, 1.54) is 6.08 Å². The Morgan fingerprint density at radius 1 is 1.11 bits per heavy atom. The highest BCUT2D eigenvalue weighted by atomic mass is 32.2. The number of rotatable bonds is 4. The highest BCUT2D eigenvalue weighted by molar-refractivity contribution is 7.95. The Bertz CT molecular complexity index is 589. The minimum absolute atomic E-state index is 0.209. The Morgan fingerprint density at radius 3 is 2.06 bits per heavy atom. The molecule has 18 heavy (non-hydrogen) atoms. The van der Waals surface area contributed by atoms with E-state index in [9.17, 15) is 13.2 Å². The highest BCUT2D eigenvalue weighted by Gasteiger charge is 2.19. The summed E-state index contributed by atoms with van der Waals surface area (Å²) in [4.78, 5) is 11.0. The molecule has 0 bridgehead atoms. The molecule has 4 heteroatoms. The van der Waals surface area contributed by atoms with Gasteiger partial charge in [0.2, 0.25) is 0 Å². The molecule has 0 amide bonds. The van der Waals surface area contributed by atoms with Gasteiger partial charge in [-0.3, -0.25) is 4.79 Å². The van der Waals surface area contributed by atoms with Gasteiger partial charge >= 0.3 is 0 Å². The zero-order valence-corrected chi connectivity index (χ0v) is 11.5. The van der Waals surface area contributed by atoms with Crippen molar-refractivity contribution in [3.8, 4) is 0 Å². The van der Waals surface area contributed by atoms with Crippen LogP contribution in [-0.2, 0) is 14.6 Å². The maximum atomic E-state index is 11.8. The van der Waals surface area contributed by atoms with Crippen molar-refractivity contribution in [2.75, 3.05) is 6.26 Å². The van der Waals surface area contributed by atoms with E-state index in [1.807, 2.05) is 6.07 Å². The zero-order chi connectivity index (χ0) is 13.8. The summed E-state index contributed by atoms with van der Waals surface area (Å²) >= 11 is 0. The van der Waals surface area contributed by atoms with Gasteiger partial charge in [0.1, 0.15) is 6.29 Å². The molecule has 0 atom stereocenters. The van der Waals surface area contributed by atoms with E-state index in [1.54, 1.807) is 38.1 Å². The number of sulfone groups is 1. The standard InChI is InChI=1S/C14H16O3S/c1-11(2)14(18(3,16)17)13(9-10-15)12-7-5-4-6-8-12/h4-10H,1-3H3/b13-9+. The summed E-state index contributed by atoms with van der Waals surface area (Å²) in [5.41, 5.74) is 1.81. The Kier molecular flexibility index (Phi) is 4.62. The fraction of sp³-hybridized carbons (Fsp3) is 0.214. The van der Waals surface area contributed by atoms with E-state index in [2.05, 4.69) is 0 Å². The van der Waals surface area contributed by atoms with Crippen LogP contribution in [0.15, 0.2) is 46.9 Å². The van der Waals surface area contributed by atoms with Crippen molar-refractivity contribution in [1.29, 1.82) is 0 Å². The smallest absolute Gasteiger partial charge is 0.176 e. The molecule has 0 aliphatic carbocycles. The molecule has 0 radical (unpaired) electrons. The van der Waals surface area contributed by atoms with Gasteiger partial charge in [0.25, 0.3) is 0 Å². The highest BCUT2D eigenvalue weighted by Crippen LogP contribution is 2.29. The third-order valence-corrected chi connectivity index (χ3v) is 3.76. The minimum atomic E-state index is -3.38. The summed E-state index contributed by atoms with van der Waals surface area (Å²) in [7, 11) is -3.38. The van der Waals surface area contributed by atoms with Gasteiger partial charge in [0, 0.05) is 11.8 Å². The first-order chi connectivity index (χ1) is 8.38. The summed E-state index contributed by atoms with van der Waals surface area (Å²) in [6, 6.07) is 9.01. The Hall–Kier alpha value is -1.68. The normalized spacial score (nSPS) is 12.1. The van der Waals surface area contributed by atoms with Gasteiger partial charge in [0.05, 0.1) is 4.91 Å². The summed E-state index contributed by atoms with van der Waals surface area (Å²) in [6.07, 6.45) is 3.05. The van der Waals surface area contributed by atoms with Crippen molar-refractivity contribution in [3.63, 3.8) is 0 Å². The first kappa shape index (κ1) is 14.4. The number of benzene rings is 1. The van der Waals surface area contributed by atoms with Gasteiger partial charge in [-0.2, -0.15) is 0 Å². The van der Waals surface area contributed by atoms with E-state index in [0.717, 1.165) is 6.26 Å². The van der Waals surface area contributed by atoms with Crippen LogP contribution in [0.1, 0.15) is 19.4 Å². The number of carbonyl (C=O) groups excluding carboxylic acids is 1. The predicted molar refractivity (Wildman–Crippen MR) is 73.7 cm³/mol. The fourth-order valence-electron chi connectivity index (χ4n) is 1.83. The summed E-state index contributed by atoms with van der Waals surface area (Å²) in [6.45, 7) is 3.44. The number of hydrogen-bond donors (Lipinski definition) is 0. The lowest BCUT2D eigenvalue weighted by Crippen LogP contribution is -2.06. The van der Waals surface area contributed by atoms with Gasteiger partial charge in [-0.05, 0) is 25.5 Å². The van der Waals surface area contributed by atoms with Gasteiger partial charge in [0.15, 0.2) is 9.84 Å². The molecular weight excluding hydrogens is 248 g/mol. The molecule has 0 spiro atoms. The van der Waals surface area contributed by atoms with Crippen molar-refractivity contribution < 1.29 is 13.2 Å². The molecule has 1 aromatic carbocycles. The molecule has 0 saturated carbocycles. The van der Waals surface area contributed by atoms with Crippen LogP contribution >= 0.6 is 0 Å². The molecule has 0 unspecified atom stereocenters. The molecule has 0 fully saturated rings. The molecule has 0 N–H and O–H groups in total. The number of allylic oxidation sites excluding steroid dienone is 3. The van der Waals surface area contributed by atoms with Gasteiger partial charge in [-0.15, -0.1) is 0 Å². The first-order valence-electron chi connectivity index (χ1n) is 5.46. The third kappa shape index (κ3) is 3.40. The van der Waals surface area contributed by atoms with Gasteiger partial charge in [-0.25, -0.2) is 8.42 Å². The number of aldehydes is 1. The second-order valence-electron chi connectivity index (χ2n) is 4.18. The van der Waals surface area contributed by atoms with Crippen LogP contribution in [0.2, 0.25) is 0 Å². The van der Waals surface area contributed by atoms with Crippen LogP contribution in [0, 0.1) is 0 Å². The monoisotopic (exact) mass is 264 g/mol. The van der Waals surface area contributed by atoms with Crippen molar-refractivity contribution in [3.05, 3.63) is 52.4 Å². The van der Waals surface area contributed by atoms with E-state index >= 15 is 0 Å². The van der Waals surface area contributed by atoms with Crippen LogP contribution in [0.5, 0.6) is 0 Å². The second kappa shape index (κ2) is 5.78. The average Bonchev–Trinajstić information content (AvgIpc) is 2.27. The van der Waals surface area contributed by atoms with Crippen molar-refractivity contribution in [1.82, 2.24) is 0 Å². The topological polar surface area (TPSA) is 51.2 Å². The summed E-state index contributed by atoms with van der Waals surface area (Å²) < 4.78 is 23.7. The largest absolute Gasteiger partial charge is 0.299 e. The van der Waals surface area contributed by atoms with Crippen molar-refractivity contribution >= 4 is 21.7 Å². The second-order valence-corrected chi connectivity index (χ2v) is 6.14. The van der Waals surface area contributed by atoms with Crippen molar-refractivity contribution in [2.24, 2.45) is 0 Å². The molecular formula is C14H16O3S. The maximum absolute atomic E-state index is 11.8. The Labute approximate surface area is 108 Å². The van der Waals surface area contributed by atoms with Gasteiger partial charge in [-0.1, -0.05) is 35.9 Å². The first-order valence-corrected chi connectivity index (χ1v) is 7.36. The summed E-state index contributed by atoms with van der Waals surface area (Å²) in [5.74, 6) is 0. The molecule has 1 rings (SSSR count). The molecule has 0 aromatic heterocycles. The SMILES string of the molecule is CC(C)=C(/C(=C/C=O)c1ccccc1)S(C)(=O)=O. The van der Waals surface area contributed by atoms with Crippen molar-refractivity contribution in [2.45, 2.75) is 13.8 Å². The lowest BCUT2D eigenvalue weighted by atomic mass is 10.0. The van der Waals surface area contributed by atoms with Gasteiger partial charge < -0.3 is 0 Å². The maximum Gasteiger partial charge on any atom is 0.176 e. The Morgan fingerprint density at radius 2 is 1.67 bits per heavy atom. The molecule has 0 aliphatic heterocycles. The average molecular weight is 264 g/mol. The molecule has 0 heterocycles. The van der Waals surface area contributed by atoms with Crippen LogP contribution in [0.4, 0.5) is 0 Å². The lowest BCUT2D eigenvalue weighted by Gasteiger charge is -2.12. The fourth-order valence-corrected chi connectivity index (χ4v) is 3.16. The third-order valence-electron chi connectivity index (χ3n) is 2.39. The van der Waals surface area contributed by atoms with E-state index in [0.29, 0.717) is 23.0 Å².